The summed E-state index contributed by atoms with van der Waals surface area (Å²) in [5.74, 6) is 0.589. The molecule has 5 rings (SSSR count). The molecule has 2 fully saturated rings. The summed E-state index contributed by atoms with van der Waals surface area (Å²) in [6, 6.07) is 10.4. The third-order valence-corrected chi connectivity index (χ3v) is 7.98. The van der Waals surface area contributed by atoms with Crippen LogP contribution in [0.2, 0.25) is 0 Å². The fraction of sp³-hybridized carbons (Fsp3) is 0.593. The van der Waals surface area contributed by atoms with E-state index in [4.69, 9.17) is 4.98 Å². The largest absolute Gasteiger partial charge is 0.332 e. The molecule has 1 aromatic heterocycles. The molecule has 3 aliphatic rings. The number of hydrogen-bond donors (Lipinski definition) is 1. The van der Waals surface area contributed by atoms with Crippen molar-refractivity contribution in [3.8, 4) is 0 Å². The van der Waals surface area contributed by atoms with Crippen LogP contribution in [-0.4, -0.2) is 44.8 Å². The molecule has 6 heteroatoms. The fourth-order valence-corrected chi connectivity index (χ4v) is 6.01. The molecule has 2 unspecified atom stereocenters. The van der Waals surface area contributed by atoms with Gasteiger partial charge in [-0.25, -0.2) is 4.98 Å². The number of aromatic amines is 1. The smallest absolute Gasteiger partial charge is 0.254 e. The van der Waals surface area contributed by atoms with Crippen molar-refractivity contribution in [2.24, 2.45) is 0 Å². The van der Waals surface area contributed by atoms with E-state index in [2.05, 4.69) is 9.88 Å². The standard InChI is InChI=1S/C27H36N4O2/c1-19(20-10-4-2-5-11-20)27(33)31-16-9-8-14-24(31)25-28-23-18-30(21-12-6-3-7-13-21)17-15-22(23)26(32)29-25/h2,4-5,10-11,19,21,24H,3,6-9,12-18H2,1H3,(H,28,29,32). The summed E-state index contributed by atoms with van der Waals surface area (Å²) in [6.45, 7) is 4.41. The minimum atomic E-state index is -0.210. The van der Waals surface area contributed by atoms with Gasteiger partial charge in [-0.1, -0.05) is 49.6 Å². The quantitative estimate of drug-likeness (QED) is 0.756. The van der Waals surface area contributed by atoms with Crippen LogP contribution in [0.5, 0.6) is 0 Å². The number of nitrogens with one attached hydrogen (secondary N) is 1. The van der Waals surface area contributed by atoms with Crippen molar-refractivity contribution in [1.29, 1.82) is 0 Å². The molecular weight excluding hydrogens is 412 g/mol. The maximum atomic E-state index is 13.5. The molecule has 2 atom stereocenters. The van der Waals surface area contributed by atoms with Gasteiger partial charge in [0.2, 0.25) is 5.91 Å². The average molecular weight is 449 g/mol. The predicted octanol–water partition coefficient (Wildman–Crippen LogP) is 4.32. The normalized spacial score (nSPS) is 23.2. The Bertz CT molecular complexity index is 1030. The van der Waals surface area contributed by atoms with Gasteiger partial charge >= 0.3 is 0 Å². The number of fused-ring (bicyclic) bond motifs is 1. The molecule has 1 aromatic carbocycles. The van der Waals surface area contributed by atoms with E-state index < -0.39 is 0 Å². The van der Waals surface area contributed by atoms with E-state index in [0.717, 1.165) is 62.1 Å². The molecule has 3 heterocycles. The Kier molecular flexibility index (Phi) is 6.63. The van der Waals surface area contributed by atoms with Gasteiger partial charge in [0.15, 0.2) is 0 Å². The van der Waals surface area contributed by atoms with Crippen LogP contribution in [0.4, 0.5) is 0 Å². The number of benzene rings is 1. The van der Waals surface area contributed by atoms with E-state index in [1.165, 1.54) is 32.1 Å². The summed E-state index contributed by atoms with van der Waals surface area (Å²) in [4.78, 5) is 39.1. The lowest BCUT2D eigenvalue weighted by atomic mass is 9.92. The number of carbonyl (C=O) groups is 1. The highest BCUT2D eigenvalue weighted by Gasteiger charge is 2.34. The van der Waals surface area contributed by atoms with Crippen molar-refractivity contribution >= 4 is 5.91 Å². The third kappa shape index (κ3) is 4.63. The van der Waals surface area contributed by atoms with E-state index in [9.17, 15) is 9.59 Å². The number of likely N-dealkylation sites (tertiary alicyclic amines) is 1. The van der Waals surface area contributed by atoms with Crippen molar-refractivity contribution in [2.45, 2.75) is 89.3 Å². The maximum absolute atomic E-state index is 13.5. The van der Waals surface area contributed by atoms with E-state index in [1.807, 2.05) is 42.2 Å². The van der Waals surface area contributed by atoms with Crippen LogP contribution in [-0.2, 0) is 17.8 Å². The van der Waals surface area contributed by atoms with Gasteiger partial charge in [-0.3, -0.25) is 14.5 Å². The van der Waals surface area contributed by atoms with Gasteiger partial charge in [-0.2, -0.15) is 0 Å². The van der Waals surface area contributed by atoms with Crippen LogP contribution in [0, 0.1) is 0 Å². The van der Waals surface area contributed by atoms with E-state index in [-0.39, 0.29) is 23.4 Å². The maximum Gasteiger partial charge on any atom is 0.254 e. The van der Waals surface area contributed by atoms with Crippen LogP contribution < -0.4 is 5.56 Å². The number of carbonyl (C=O) groups excluding carboxylic acids is 1. The number of rotatable bonds is 4. The first-order chi connectivity index (χ1) is 16.1. The van der Waals surface area contributed by atoms with Crippen LogP contribution in [0.3, 0.4) is 0 Å². The first kappa shape index (κ1) is 22.3. The molecule has 6 nitrogen and oxygen atoms in total. The molecule has 0 radical (unpaired) electrons. The Morgan fingerprint density at radius 2 is 1.79 bits per heavy atom. The first-order valence-electron chi connectivity index (χ1n) is 12.8. The molecule has 1 amide bonds. The van der Waals surface area contributed by atoms with Gasteiger partial charge in [0.25, 0.3) is 5.56 Å². The van der Waals surface area contributed by atoms with Crippen molar-refractivity contribution in [1.82, 2.24) is 19.8 Å². The van der Waals surface area contributed by atoms with Crippen molar-refractivity contribution in [3.63, 3.8) is 0 Å². The van der Waals surface area contributed by atoms with Crippen LogP contribution in [0.1, 0.15) is 92.9 Å². The van der Waals surface area contributed by atoms with Gasteiger partial charge in [-0.05, 0) is 51.0 Å². The Hall–Kier alpha value is -2.47. The number of H-pyrrole nitrogens is 1. The minimum absolute atomic E-state index is 0.00706. The summed E-state index contributed by atoms with van der Waals surface area (Å²) in [7, 11) is 0. The van der Waals surface area contributed by atoms with Crippen molar-refractivity contribution in [2.75, 3.05) is 13.1 Å². The second-order valence-electron chi connectivity index (χ2n) is 10.1. The molecule has 0 bridgehead atoms. The van der Waals surface area contributed by atoms with Crippen molar-refractivity contribution in [3.05, 3.63) is 63.3 Å². The average Bonchev–Trinajstić information content (AvgIpc) is 2.88. The number of piperidine rings is 1. The van der Waals surface area contributed by atoms with Gasteiger partial charge in [0.1, 0.15) is 5.82 Å². The lowest BCUT2D eigenvalue weighted by molar-refractivity contribution is -0.136. The van der Waals surface area contributed by atoms with Crippen LogP contribution in [0.25, 0.3) is 0 Å². The van der Waals surface area contributed by atoms with Gasteiger partial charge < -0.3 is 9.88 Å². The molecule has 1 saturated carbocycles. The molecule has 1 N–H and O–H groups in total. The van der Waals surface area contributed by atoms with Gasteiger partial charge in [0.05, 0.1) is 17.7 Å². The van der Waals surface area contributed by atoms with Gasteiger partial charge in [-0.15, -0.1) is 0 Å². The lowest BCUT2D eigenvalue weighted by Crippen LogP contribution is -2.44. The highest BCUT2D eigenvalue weighted by Crippen LogP contribution is 2.33. The second kappa shape index (κ2) is 9.80. The molecule has 2 aromatic rings. The number of nitrogens with zero attached hydrogens (tertiary/aromatic N) is 3. The number of aromatic nitrogens is 2. The Balaban J connectivity index is 1.40. The monoisotopic (exact) mass is 448 g/mol. The third-order valence-electron chi connectivity index (χ3n) is 7.98. The fourth-order valence-electron chi connectivity index (χ4n) is 6.01. The molecule has 0 spiro atoms. The molecule has 176 valence electrons. The van der Waals surface area contributed by atoms with Crippen molar-refractivity contribution < 1.29 is 4.79 Å². The molecule has 2 aliphatic heterocycles. The first-order valence-corrected chi connectivity index (χ1v) is 12.8. The summed E-state index contributed by atoms with van der Waals surface area (Å²) >= 11 is 0. The van der Waals surface area contributed by atoms with E-state index >= 15 is 0 Å². The minimum Gasteiger partial charge on any atom is -0.332 e. The molecule has 1 aliphatic carbocycles. The Labute approximate surface area is 196 Å². The van der Waals surface area contributed by atoms with E-state index in [1.54, 1.807) is 0 Å². The Morgan fingerprint density at radius 1 is 1.03 bits per heavy atom. The number of hydrogen-bond acceptors (Lipinski definition) is 4. The summed E-state index contributed by atoms with van der Waals surface area (Å²) in [5, 5.41) is 0. The zero-order chi connectivity index (χ0) is 22.8. The number of amides is 1. The summed E-state index contributed by atoms with van der Waals surface area (Å²) in [6.07, 6.45) is 10.1. The zero-order valence-corrected chi connectivity index (χ0v) is 19.8. The molecule has 33 heavy (non-hydrogen) atoms. The van der Waals surface area contributed by atoms with E-state index in [0.29, 0.717) is 11.9 Å². The summed E-state index contributed by atoms with van der Waals surface area (Å²) in [5.41, 5.74) is 2.80. The highest BCUT2D eigenvalue weighted by atomic mass is 16.2. The lowest BCUT2D eigenvalue weighted by Gasteiger charge is -2.38. The molecular formula is C27H36N4O2. The Morgan fingerprint density at radius 3 is 2.58 bits per heavy atom. The SMILES string of the molecule is CC(C(=O)N1CCCCC1c1nc2c(c(=O)[nH]1)CCN(C1CCCCC1)C2)c1ccccc1. The van der Waals surface area contributed by atoms with Gasteiger partial charge in [0, 0.05) is 31.2 Å². The second-order valence-corrected chi connectivity index (χ2v) is 10.1. The molecule has 1 saturated heterocycles. The predicted molar refractivity (Wildman–Crippen MR) is 129 cm³/mol. The van der Waals surface area contributed by atoms with Crippen LogP contribution >= 0.6 is 0 Å². The van der Waals surface area contributed by atoms with Crippen LogP contribution in [0.15, 0.2) is 35.1 Å². The topological polar surface area (TPSA) is 69.3 Å². The summed E-state index contributed by atoms with van der Waals surface area (Å²) < 4.78 is 0. The zero-order valence-electron chi connectivity index (χ0n) is 19.8. The highest BCUT2D eigenvalue weighted by molar-refractivity contribution is 5.83.